The van der Waals surface area contributed by atoms with Gasteiger partial charge in [0, 0.05) is 23.2 Å². The van der Waals surface area contributed by atoms with Crippen molar-refractivity contribution >= 4 is 17.5 Å². The van der Waals surface area contributed by atoms with Crippen molar-refractivity contribution in [3.8, 4) is 5.75 Å². The van der Waals surface area contributed by atoms with E-state index in [1.165, 1.54) is 0 Å². The van der Waals surface area contributed by atoms with Gasteiger partial charge in [-0.15, -0.1) is 0 Å². The molecule has 1 aromatic rings. The molecule has 19 heavy (non-hydrogen) atoms. The Balaban J connectivity index is 2.66. The topological polar surface area (TPSA) is 50.4 Å². The van der Waals surface area contributed by atoms with Gasteiger partial charge in [0.05, 0.1) is 0 Å². The van der Waals surface area contributed by atoms with E-state index in [-0.39, 0.29) is 18.6 Å². The van der Waals surface area contributed by atoms with Crippen LogP contribution in [0.3, 0.4) is 0 Å². The lowest BCUT2D eigenvalue weighted by atomic mass is 10.2. The lowest BCUT2D eigenvalue weighted by molar-refractivity contribution is -0.123. The summed E-state index contributed by atoms with van der Waals surface area (Å²) in [4.78, 5) is 11.6. The molecule has 0 aromatic heterocycles. The number of hydrogen-bond acceptors (Lipinski definition) is 3. The number of amides is 1. The molecule has 0 saturated carbocycles. The van der Waals surface area contributed by atoms with Crippen molar-refractivity contribution in [1.82, 2.24) is 10.6 Å². The summed E-state index contributed by atoms with van der Waals surface area (Å²) in [6, 6.07) is 5.56. The number of carbonyl (C=O) groups is 1. The number of benzene rings is 1. The first-order chi connectivity index (χ1) is 9.04. The highest BCUT2D eigenvalue weighted by Gasteiger charge is 2.10. The lowest BCUT2D eigenvalue weighted by Crippen LogP contribution is -2.34. The van der Waals surface area contributed by atoms with E-state index in [4.69, 9.17) is 16.3 Å². The van der Waals surface area contributed by atoms with Crippen LogP contribution in [0.1, 0.15) is 26.3 Å². The molecular formula is C14H21ClN2O2. The summed E-state index contributed by atoms with van der Waals surface area (Å²) in [5.74, 6) is 0.511. The van der Waals surface area contributed by atoms with Crippen molar-refractivity contribution in [2.24, 2.45) is 0 Å². The summed E-state index contributed by atoms with van der Waals surface area (Å²) in [7, 11) is 0. The molecule has 0 aliphatic heterocycles. The molecule has 0 atom stereocenters. The van der Waals surface area contributed by atoms with Crippen LogP contribution < -0.4 is 15.4 Å². The van der Waals surface area contributed by atoms with Crippen molar-refractivity contribution in [1.29, 1.82) is 0 Å². The van der Waals surface area contributed by atoms with E-state index in [2.05, 4.69) is 10.6 Å². The van der Waals surface area contributed by atoms with Crippen molar-refractivity contribution in [2.45, 2.75) is 33.4 Å². The first kappa shape index (κ1) is 15.8. The molecule has 0 saturated heterocycles. The number of rotatable bonds is 7. The second kappa shape index (κ2) is 8.02. The SMILES string of the molecule is CCNCc1c(Cl)cccc1OCC(=O)NC(C)C. The van der Waals surface area contributed by atoms with E-state index in [0.29, 0.717) is 17.3 Å². The van der Waals surface area contributed by atoms with Gasteiger partial charge in [0.2, 0.25) is 0 Å². The van der Waals surface area contributed by atoms with Crippen LogP contribution in [0.25, 0.3) is 0 Å². The summed E-state index contributed by atoms with van der Waals surface area (Å²) in [6.07, 6.45) is 0. The highest BCUT2D eigenvalue weighted by Crippen LogP contribution is 2.26. The molecule has 0 heterocycles. The van der Waals surface area contributed by atoms with Crippen LogP contribution in [0.5, 0.6) is 5.75 Å². The molecule has 0 fully saturated rings. The molecular weight excluding hydrogens is 264 g/mol. The van der Waals surface area contributed by atoms with Gasteiger partial charge in [-0.1, -0.05) is 24.6 Å². The number of halogens is 1. The lowest BCUT2D eigenvalue weighted by Gasteiger charge is -2.14. The number of ether oxygens (including phenoxy) is 1. The first-order valence-corrected chi connectivity index (χ1v) is 6.82. The summed E-state index contributed by atoms with van der Waals surface area (Å²) in [5.41, 5.74) is 0.878. The highest BCUT2D eigenvalue weighted by molar-refractivity contribution is 6.31. The Morgan fingerprint density at radius 2 is 2.16 bits per heavy atom. The zero-order valence-electron chi connectivity index (χ0n) is 11.6. The number of hydrogen-bond donors (Lipinski definition) is 2. The average Bonchev–Trinajstić information content (AvgIpc) is 2.34. The van der Waals surface area contributed by atoms with E-state index >= 15 is 0 Å². The molecule has 4 nitrogen and oxygen atoms in total. The number of carbonyl (C=O) groups excluding carboxylic acids is 1. The van der Waals surface area contributed by atoms with Gasteiger partial charge in [0.25, 0.3) is 5.91 Å². The van der Waals surface area contributed by atoms with Crippen molar-refractivity contribution in [3.63, 3.8) is 0 Å². The van der Waals surface area contributed by atoms with Gasteiger partial charge >= 0.3 is 0 Å². The summed E-state index contributed by atoms with van der Waals surface area (Å²) in [5, 5.41) is 6.62. The van der Waals surface area contributed by atoms with E-state index in [1.54, 1.807) is 0 Å². The minimum atomic E-state index is -0.135. The molecule has 0 unspecified atom stereocenters. The summed E-state index contributed by atoms with van der Waals surface area (Å²) in [6.45, 7) is 7.31. The second-order valence-corrected chi connectivity index (χ2v) is 4.91. The van der Waals surface area contributed by atoms with E-state index < -0.39 is 0 Å². The summed E-state index contributed by atoms with van der Waals surface area (Å²) >= 11 is 6.14. The molecule has 2 N–H and O–H groups in total. The van der Waals surface area contributed by atoms with Gasteiger partial charge in [-0.05, 0) is 32.5 Å². The molecule has 0 spiro atoms. The van der Waals surface area contributed by atoms with Crippen LogP contribution in [0.4, 0.5) is 0 Å². The summed E-state index contributed by atoms with van der Waals surface area (Å²) < 4.78 is 5.54. The predicted octanol–water partition coefficient (Wildman–Crippen LogP) is 2.35. The van der Waals surface area contributed by atoms with Gasteiger partial charge in [0.15, 0.2) is 6.61 Å². The molecule has 0 radical (unpaired) electrons. The largest absolute Gasteiger partial charge is 0.483 e. The van der Waals surface area contributed by atoms with Crippen LogP contribution in [0.2, 0.25) is 5.02 Å². The van der Waals surface area contributed by atoms with Crippen molar-refractivity contribution < 1.29 is 9.53 Å². The minimum absolute atomic E-state index is 0.00233. The quantitative estimate of drug-likeness (QED) is 0.808. The maximum absolute atomic E-state index is 11.6. The third-order valence-corrected chi connectivity index (χ3v) is 2.79. The molecule has 5 heteroatoms. The Morgan fingerprint density at radius 3 is 2.79 bits per heavy atom. The van der Waals surface area contributed by atoms with Gasteiger partial charge in [-0.2, -0.15) is 0 Å². The Hall–Kier alpha value is -1.26. The van der Waals surface area contributed by atoms with Crippen LogP contribution in [-0.4, -0.2) is 25.1 Å². The van der Waals surface area contributed by atoms with Crippen LogP contribution in [0.15, 0.2) is 18.2 Å². The van der Waals surface area contributed by atoms with Crippen molar-refractivity contribution in [2.75, 3.05) is 13.2 Å². The third kappa shape index (κ3) is 5.49. The average molecular weight is 285 g/mol. The van der Waals surface area contributed by atoms with E-state index in [9.17, 15) is 4.79 Å². The highest BCUT2D eigenvalue weighted by atomic mass is 35.5. The van der Waals surface area contributed by atoms with Gasteiger partial charge < -0.3 is 15.4 Å². The Morgan fingerprint density at radius 1 is 1.42 bits per heavy atom. The normalized spacial score (nSPS) is 10.6. The first-order valence-electron chi connectivity index (χ1n) is 6.44. The second-order valence-electron chi connectivity index (χ2n) is 4.51. The zero-order valence-corrected chi connectivity index (χ0v) is 12.4. The maximum Gasteiger partial charge on any atom is 0.258 e. The number of nitrogens with one attached hydrogen (secondary N) is 2. The fourth-order valence-corrected chi connectivity index (χ4v) is 1.84. The fraction of sp³-hybridized carbons (Fsp3) is 0.500. The Kier molecular flexibility index (Phi) is 6.67. The van der Waals surface area contributed by atoms with Gasteiger partial charge in [-0.25, -0.2) is 0 Å². The molecule has 106 valence electrons. The predicted molar refractivity (Wildman–Crippen MR) is 77.6 cm³/mol. The molecule has 0 aliphatic rings. The standard InChI is InChI=1S/C14H21ClN2O2/c1-4-16-8-11-12(15)6-5-7-13(11)19-9-14(18)17-10(2)3/h5-7,10,16H,4,8-9H2,1-3H3,(H,17,18). The fourth-order valence-electron chi connectivity index (χ4n) is 1.60. The monoisotopic (exact) mass is 284 g/mol. The molecule has 0 bridgehead atoms. The Labute approximate surface area is 119 Å². The molecule has 0 aliphatic carbocycles. The van der Waals surface area contributed by atoms with Crippen LogP contribution in [0, 0.1) is 0 Å². The molecule has 1 aromatic carbocycles. The van der Waals surface area contributed by atoms with Crippen molar-refractivity contribution in [3.05, 3.63) is 28.8 Å². The van der Waals surface area contributed by atoms with Crippen LogP contribution in [-0.2, 0) is 11.3 Å². The molecule has 1 amide bonds. The smallest absolute Gasteiger partial charge is 0.258 e. The minimum Gasteiger partial charge on any atom is -0.483 e. The Bertz CT molecular complexity index is 422. The van der Waals surface area contributed by atoms with Gasteiger partial charge in [-0.3, -0.25) is 4.79 Å². The maximum atomic E-state index is 11.6. The molecule has 1 rings (SSSR count). The van der Waals surface area contributed by atoms with E-state index in [1.807, 2.05) is 39.0 Å². The van der Waals surface area contributed by atoms with Crippen LogP contribution >= 0.6 is 11.6 Å². The third-order valence-electron chi connectivity index (χ3n) is 2.44. The van der Waals surface area contributed by atoms with Gasteiger partial charge in [0.1, 0.15) is 5.75 Å². The zero-order chi connectivity index (χ0) is 14.3. The van der Waals surface area contributed by atoms with E-state index in [0.717, 1.165) is 12.1 Å².